The molecule has 0 spiro atoms. The number of aromatic nitrogens is 2. The first-order valence-electron chi connectivity index (χ1n) is 11.2. The minimum absolute atomic E-state index is 0.0518. The lowest BCUT2D eigenvalue weighted by Crippen LogP contribution is -2.36. The Morgan fingerprint density at radius 3 is 2.42 bits per heavy atom. The summed E-state index contributed by atoms with van der Waals surface area (Å²) in [4.78, 5) is 19.5. The Bertz CT molecular complexity index is 1070. The van der Waals surface area contributed by atoms with Crippen LogP contribution in [0.15, 0.2) is 48.5 Å². The lowest BCUT2D eigenvalue weighted by Gasteiger charge is -2.18. The van der Waals surface area contributed by atoms with Gasteiger partial charge in [-0.15, -0.1) is 0 Å². The topological polar surface area (TPSA) is 107 Å². The fourth-order valence-electron chi connectivity index (χ4n) is 4.21. The Balaban J connectivity index is 1.32. The number of rotatable bonds is 9. The summed E-state index contributed by atoms with van der Waals surface area (Å²) in [7, 11) is 0. The van der Waals surface area contributed by atoms with E-state index in [9.17, 15) is 15.0 Å². The van der Waals surface area contributed by atoms with Crippen molar-refractivity contribution in [3.63, 3.8) is 0 Å². The van der Waals surface area contributed by atoms with Crippen LogP contribution in [-0.4, -0.2) is 45.5 Å². The van der Waals surface area contributed by atoms with Crippen LogP contribution in [0.25, 0.3) is 11.1 Å². The quantitative estimate of drug-likeness (QED) is 0.373. The summed E-state index contributed by atoms with van der Waals surface area (Å²) < 4.78 is 5.46. The number of imidazole rings is 1. The van der Waals surface area contributed by atoms with E-state index in [1.165, 1.54) is 0 Å². The van der Waals surface area contributed by atoms with Gasteiger partial charge in [0, 0.05) is 18.9 Å². The molecule has 3 aromatic rings. The maximum Gasteiger partial charge on any atom is 0.407 e. The monoisotopic (exact) mass is 469 g/mol. The van der Waals surface area contributed by atoms with Crippen molar-refractivity contribution < 1.29 is 19.7 Å². The van der Waals surface area contributed by atoms with Crippen molar-refractivity contribution in [3.8, 4) is 11.1 Å². The number of carbonyl (C=O) groups is 1. The van der Waals surface area contributed by atoms with Crippen LogP contribution in [0.4, 0.5) is 4.79 Å². The maximum absolute atomic E-state index is 12.3. The number of nitrogens with one attached hydrogen (secondary N) is 2. The second-order valence-electron chi connectivity index (χ2n) is 8.21. The van der Waals surface area contributed by atoms with E-state index < -0.39 is 18.3 Å². The molecule has 0 saturated carbocycles. The van der Waals surface area contributed by atoms with E-state index in [-0.39, 0.29) is 29.9 Å². The SMILES string of the molecule is CCCCc1nc(Cl)c(C(O)C(O)CNC(=O)OCC2c3ccccc3-c3ccccc32)[nH]1. The number of hydrogen-bond donors (Lipinski definition) is 4. The van der Waals surface area contributed by atoms with Crippen molar-refractivity contribution in [1.29, 1.82) is 0 Å². The first-order chi connectivity index (χ1) is 16.0. The van der Waals surface area contributed by atoms with Crippen LogP contribution in [0.2, 0.25) is 5.15 Å². The maximum atomic E-state index is 12.3. The lowest BCUT2D eigenvalue weighted by atomic mass is 9.98. The van der Waals surface area contributed by atoms with Crippen molar-refractivity contribution in [1.82, 2.24) is 15.3 Å². The van der Waals surface area contributed by atoms with Crippen LogP contribution in [0, 0.1) is 0 Å². The highest BCUT2D eigenvalue weighted by molar-refractivity contribution is 6.30. The molecule has 8 heteroatoms. The highest BCUT2D eigenvalue weighted by Gasteiger charge is 2.29. The number of amides is 1. The molecule has 174 valence electrons. The molecule has 1 aliphatic carbocycles. The molecule has 0 aliphatic heterocycles. The van der Waals surface area contributed by atoms with Crippen LogP contribution in [0.5, 0.6) is 0 Å². The Labute approximate surface area is 197 Å². The summed E-state index contributed by atoms with van der Waals surface area (Å²) in [6, 6.07) is 16.2. The van der Waals surface area contributed by atoms with E-state index in [1.54, 1.807) is 0 Å². The third-order valence-corrected chi connectivity index (χ3v) is 6.25. The molecule has 7 nitrogen and oxygen atoms in total. The Hall–Kier alpha value is -2.87. The Morgan fingerprint density at radius 1 is 1.15 bits per heavy atom. The molecule has 4 N–H and O–H groups in total. The number of halogens is 1. The summed E-state index contributed by atoms with van der Waals surface area (Å²) in [5.74, 6) is 0.608. The molecule has 1 aliphatic rings. The molecule has 0 fully saturated rings. The second kappa shape index (κ2) is 10.4. The van der Waals surface area contributed by atoms with E-state index >= 15 is 0 Å². The van der Waals surface area contributed by atoms with E-state index in [0.717, 1.165) is 35.1 Å². The molecule has 0 saturated heterocycles. The second-order valence-corrected chi connectivity index (χ2v) is 8.57. The summed E-state index contributed by atoms with van der Waals surface area (Å²) in [5.41, 5.74) is 4.78. The number of alkyl carbamates (subject to hydrolysis) is 1. The molecule has 0 bridgehead atoms. The number of benzene rings is 2. The van der Waals surface area contributed by atoms with Gasteiger partial charge in [0.2, 0.25) is 0 Å². The number of H-pyrrole nitrogens is 1. The highest BCUT2D eigenvalue weighted by Crippen LogP contribution is 2.44. The number of carbonyl (C=O) groups excluding carboxylic acids is 1. The molecule has 33 heavy (non-hydrogen) atoms. The van der Waals surface area contributed by atoms with Gasteiger partial charge in [-0.25, -0.2) is 9.78 Å². The number of ether oxygens (including phenoxy) is 1. The average Bonchev–Trinajstić information content (AvgIpc) is 3.36. The molecular formula is C25H28ClN3O4. The standard InChI is InChI=1S/C25H28ClN3O4/c1-2-3-12-21-28-22(24(26)29-21)23(31)20(30)13-27-25(32)33-14-19-17-10-6-4-8-15(17)16-9-5-7-11-18(16)19/h4-11,19-20,23,30-31H,2-3,12-14H2,1H3,(H,27,32)(H,28,29). The summed E-state index contributed by atoms with van der Waals surface area (Å²) >= 11 is 6.10. The minimum Gasteiger partial charge on any atom is -0.449 e. The van der Waals surface area contributed by atoms with Crippen LogP contribution in [-0.2, 0) is 11.2 Å². The fourth-order valence-corrected chi connectivity index (χ4v) is 4.47. The van der Waals surface area contributed by atoms with Gasteiger partial charge in [0.1, 0.15) is 24.6 Å². The molecule has 2 aromatic carbocycles. The molecule has 2 unspecified atom stereocenters. The summed E-state index contributed by atoms with van der Waals surface area (Å²) in [6.07, 6.45) is -0.607. The van der Waals surface area contributed by atoms with E-state index in [4.69, 9.17) is 16.3 Å². The Kier molecular flexibility index (Phi) is 7.33. The molecule has 1 amide bonds. The van der Waals surface area contributed by atoms with Gasteiger partial charge in [0.15, 0.2) is 5.15 Å². The molecule has 1 heterocycles. The zero-order valence-electron chi connectivity index (χ0n) is 18.4. The molecule has 0 radical (unpaired) electrons. The third kappa shape index (κ3) is 5.05. The van der Waals surface area contributed by atoms with Crippen LogP contribution in [0.1, 0.15) is 54.4 Å². The zero-order chi connectivity index (χ0) is 23.4. The largest absolute Gasteiger partial charge is 0.449 e. The highest BCUT2D eigenvalue weighted by atomic mass is 35.5. The summed E-state index contributed by atoms with van der Waals surface area (Å²) in [5, 5.41) is 23.4. The third-order valence-electron chi connectivity index (χ3n) is 5.96. The van der Waals surface area contributed by atoms with Gasteiger partial charge in [-0.2, -0.15) is 0 Å². The van der Waals surface area contributed by atoms with E-state index in [2.05, 4.69) is 34.3 Å². The number of unbranched alkanes of at least 4 members (excludes halogenated alkanes) is 1. The number of aryl methyl sites for hydroxylation is 1. The first-order valence-corrected chi connectivity index (χ1v) is 11.6. The van der Waals surface area contributed by atoms with Crippen molar-refractivity contribution in [2.45, 2.75) is 44.3 Å². The van der Waals surface area contributed by atoms with Gasteiger partial charge in [-0.1, -0.05) is 73.5 Å². The molecular weight excluding hydrogens is 442 g/mol. The normalized spacial score (nSPS) is 14.4. The number of aliphatic hydroxyl groups is 2. The van der Waals surface area contributed by atoms with Gasteiger partial charge in [-0.05, 0) is 28.7 Å². The van der Waals surface area contributed by atoms with Crippen LogP contribution >= 0.6 is 11.6 Å². The first kappa shape index (κ1) is 23.3. The fraction of sp³-hybridized carbons (Fsp3) is 0.360. The van der Waals surface area contributed by atoms with Crippen molar-refractivity contribution in [2.75, 3.05) is 13.2 Å². The van der Waals surface area contributed by atoms with E-state index in [0.29, 0.717) is 12.2 Å². The smallest absolute Gasteiger partial charge is 0.407 e. The van der Waals surface area contributed by atoms with Crippen molar-refractivity contribution >= 4 is 17.7 Å². The number of aliphatic hydroxyl groups excluding tert-OH is 2. The number of fused-ring (bicyclic) bond motifs is 3. The zero-order valence-corrected chi connectivity index (χ0v) is 19.2. The average molecular weight is 470 g/mol. The van der Waals surface area contributed by atoms with Crippen LogP contribution in [0.3, 0.4) is 0 Å². The van der Waals surface area contributed by atoms with Crippen LogP contribution < -0.4 is 5.32 Å². The van der Waals surface area contributed by atoms with Gasteiger partial charge < -0.3 is 25.3 Å². The van der Waals surface area contributed by atoms with Gasteiger partial charge in [0.25, 0.3) is 0 Å². The molecule has 1 aromatic heterocycles. The van der Waals surface area contributed by atoms with E-state index in [1.807, 2.05) is 36.4 Å². The molecule has 2 atom stereocenters. The molecule has 4 rings (SSSR count). The summed E-state index contributed by atoms with van der Waals surface area (Å²) in [6.45, 7) is 2.04. The van der Waals surface area contributed by atoms with Gasteiger partial charge in [0.05, 0.1) is 5.69 Å². The minimum atomic E-state index is -1.31. The predicted molar refractivity (Wildman–Crippen MR) is 126 cm³/mol. The lowest BCUT2D eigenvalue weighted by molar-refractivity contribution is 0.0163. The predicted octanol–water partition coefficient (Wildman–Crippen LogP) is 4.34. The number of hydrogen-bond acceptors (Lipinski definition) is 5. The number of nitrogens with zero attached hydrogens (tertiary/aromatic N) is 1. The number of aromatic amines is 1. The van der Waals surface area contributed by atoms with Gasteiger partial charge >= 0.3 is 6.09 Å². The Morgan fingerprint density at radius 2 is 1.79 bits per heavy atom. The van der Waals surface area contributed by atoms with Crippen molar-refractivity contribution in [2.24, 2.45) is 0 Å². The van der Waals surface area contributed by atoms with Crippen molar-refractivity contribution in [3.05, 3.63) is 76.3 Å². The van der Waals surface area contributed by atoms with Gasteiger partial charge in [-0.3, -0.25) is 0 Å².